The minimum Gasteiger partial charge on any atom is -0.353 e. The number of hydrogen-bond donors (Lipinski definition) is 0. The number of aryl methyl sites for hydroxylation is 1. The summed E-state index contributed by atoms with van der Waals surface area (Å²) in [6.07, 6.45) is 7.19. The first-order valence-corrected chi connectivity index (χ1v) is 7.65. The van der Waals surface area contributed by atoms with Crippen LogP contribution >= 0.6 is 0 Å². The Balaban J connectivity index is 1.79. The van der Waals surface area contributed by atoms with Crippen molar-refractivity contribution in [2.24, 2.45) is 0 Å². The molecule has 0 N–H and O–H groups in total. The van der Waals surface area contributed by atoms with E-state index in [9.17, 15) is 0 Å². The fraction of sp³-hybridized carbons (Fsp3) is 0.625. The third-order valence-electron chi connectivity index (χ3n) is 4.75. The molecule has 2 fully saturated rings. The van der Waals surface area contributed by atoms with Crippen LogP contribution in [-0.4, -0.2) is 46.8 Å². The average Bonchev–Trinajstić information content (AvgIpc) is 2.83. The van der Waals surface area contributed by atoms with Gasteiger partial charge < -0.3 is 4.90 Å². The fourth-order valence-corrected chi connectivity index (χ4v) is 3.77. The van der Waals surface area contributed by atoms with Gasteiger partial charge >= 0.3 is 0 Å². The maximum atomic E-state index is 4.36. The van der Waals surface area contributed by atoms with E-state index in [0.717, 1.165) is 31.1 Å². The van der Waals surface area contributed by atoms with Gasteiger partial charge in [0.1, 0.15) is 0 Å². The van der Waals surface area contributed by atoms with Crippen molar-refractivity contribution in [1.29, 1.82) is 0 Å². The van der Waals surface area contributed by atoms with Gasteiger partial charge in [0.2, 0.25) is 0 Å². The van der Waals surface area contributed by atoms with Crippen LogP contribution in [0, 0.1) is 6.92 Å². The van der Waals surface area contributed by atoms with E-state index in [-0.39, 0.29) is 0 Å². The van der Waals surface area contributed by atoms with Crippen molar-refractivity contribution in [2.75, 3.05) is 31.1 Å². The molecule has 0 aliphatic carbocycles. The predicted molar refractivity (Wildman–Crippen MR) is 82.0 cm³/mol. The van der Waals surface area contributed by atoms with Gasteiger partial charge in [-0.15, -0.1) is 11.7 Å². The highest BCUT2D eigenvalue weighted by molar-refractivity contribution is 5.39. The second-order valence-electron chi connectivity index (χ2n) is 6.12. The third-order valence-corrected chi connectivity index (χ3v) is 4.75. The minimum absolute atomic E-state index is 0.332. The molecule has 0 radical (unpaired) electrons. The van der Waals surface area contributed by atoms with Gasteiger partial charge in [-0.2, -0.15) is 5.10 Å². The van der Waals surface area contributed by atoms with E-state index < -0.39 is 0 Å². The van der Waals surface area contributed by atoms with Crippen molar-refractivity contribution >= 4 is 5.82 Å². The van der Waals surface area contributed by atoms with Gasteiger partial charge in [0.25, 0.3) is 0 Å². The molecular formula is C16H24N4. The molecular weight excluding hydrogens is 248 g/mol. The Hall–Kier alpha value is -1.42. The molecule has 108 valence electrons. The van der Waals surface area contributed by atoms with E-state index >= 15 is 0 Å². The smallest absolute Gasteiger partial charge is 0.151 e. The van der Waals surface area contributed by atoms with Gasteiger partial charge in [-0.1, -0.05) is 6.08 Å². The first-order valence-electron chi connectivity index (χ1n) is 7.65. The highest BCUT2D eigenvalue weighted by atomic mass is 15.3. The summed E-state index contributed by atoms with van der Waals surface area (Å²) in [6, 6.07) is 4.16. The molecule has 1 unspecified atom stereocenters. The summed E-state index contributed by atoms with van der Waals surface area (Å²) in [4.78, 5) is 5.03. The van der Waals surface area contributed by atoms with Crippen LogP contribution in [-0.2, 0) is 0 Å². The van der Waals surface area contributed by atoms with Crippen LogP contribution in [0.1, 0.15) is 31.4 Å². The maximum Gasteiger partial charge on any atom is 0.151 e. The summed E-state index contributed by atoms with van der Waals surface area (Å²) in [5.74, 6) is 1.03. The molecule has 1 aromatic heterocycles. The molecule has 4 nitrogen and oxygen atoms in total. The zero-order valence-corrected chi connectivity index (χ0v) is 12.4. The maximum absolute atomic E-state index is 4.36. The van der Waals surface area contributed by atoms with Crippen molar-refractivity contribution in [3.8, 4) is 0 Å². The summed E-state index contributed by atoms with van der Waals surface area (Å²) >= 11 is 0. The molecule has 1 atom stereocenters. The Bertz CT molecular complexity index is 470. The largest absolute Gasteiger partial charge is 0.353 e. The second kappa shape index (κ2) is 5.52. The minimum atomic E-state index is 0.332. The Morgan fingerprint density at radius 2 is 2.05 bits per heavy atom. The molecule has 20 heavy (non-hydrogen) atoms. The number of nitrogens with zero attached hydrogens (tertiary/aromatic N) is 4. The molecule has 2 saturated heterocycles. The number of piperidine rings is 1. The summed E-state index contributed by atoms with van der Waals surface area (Å²) in [5.41, 5.74) is 1.31. The van der Waals surface area contributed by atoms with E-state index in [0.29, 0.717) is 5.54 Å². The van der Waals surface area contributed by atoms with Gasteiger partial charge in [0.15, 0.2) is 5.82 Å². The molecule has 0 aromatic carbocycles. The molecule has 3 rings (SSSR count). The fourth-order valence-electron chi connectivity index (χ4n) is 3.77. The number of aromatic nitrogens is 2. The van der Waals surface area contributed by atoms with Crippen molar-refractivity contribution in [2.45, 2.75) is 38.1 Å². The summed E-state index contributed by atoms with van der Waals surface area (Å²) in [7, 11) is 0. The lowest BCUT2D eigenvalue weighted by Gasteiger charge is -2.46. The molecule has 0 saturated carbocycles. The summed E-state index contributed by atoms with van der Waals surface area (Å²) in [6.45, 7) is 10.3. The number of likely N-dealkylation sites (tertiary alicyclic amines) is 1. The Morgan fingerprint density at radius 1 is 1.25 bits per heavy atom. The van der Waals surface area contributed by atoms with Crippen molar-refractivity contribution in [3.63, 3.8) is 0 Å². The van der Waals surface area contributed by atoms with E-state index in [1.54, 1.807) is 0 Å². The second-order valence-corrected chi connectivity index (χ2v) is 6.12. The third kappa shape index (κ3) is 2.44. The number of anilines is 1. The standard InChI is InChI=1S/C16H24N4/c1-3-10-20-12-5-9-16(20)8-4-11-19(13-16)15-7-6-14(2)17-18-15/h3,6-7H,1,4-5,8-13H2,2H3. The van der Waals surface area contributed by atoms with Gasteiger partial charge in [0.05, 0.1) is 5.69 Å². The molecule has 1 aromatic rings. The first kappa shape index (κ1) is 13.6. The molecule has 2 aliphatic heterocycles. The van der Waals surface area contributed by atoms with Crippen LogP contribution < -0.4 is 4.90 Å². The van der Waals surface area contributed by atoms with E-state index in [4.69, 9.17) is 0 Å². The van der Waals surface area contributed by atoms with Crippen molar-refractivity contribution < 1.29 is 0 Å². The summed E-state index contributed by atoms with van der Waals surface area (Å²) in [5, 5.41) is 8.57. The van der Waals surface area contributed by atoms with E-state index in [2.05, 4.69) is 38.7 Å². The monoisotopic (exact) mass is 272 g/mol. The van der Waals surface area contributed by atoms with Crippen LogP contribution in [0.2, 0.25) is 0 Å². The zero-order valence-electron chi connectivity index (χ0n) is 12.4. The quantitative estimate of drug-likeness (QED) is 0.791. The van der Waals surface area contributed by atoms with E-state index in [1.807, 2.05) is 13.0 Å². The molecule has 2 aliphatic rings. The van der Waals surface area contributed by atoms with Crippen molar-refractivity contribution in [3.05, 3.63) is 30.5 Å². The number of hydrogen-bond acceptors (Lipinski definition) is 4. The normalized spacial score (nSPS) is 27.1. The Kier molecular flexibility index (Phi) is 3.74. The topological polar surface area (TPSA) is 32.3 Å². The summed E-state index contributed by atoms with van der Waals surface area (Å²) < 4.78 is 0. The Morgan fingerprint density at radius 3 is 2.75 bits per heavy atom. The van der Waals surface area contributed by atoms with Gasteiger partial charge in [-0.3, -0.25) is 4.90 Å². The molecule has 1 spiro atoms. The molecule has 3 heterocycles. The Labute approximate surface area is 121 Å². The highest BCUT2D eigenvalue weighted by Gasteiger charge is 2.43. The van der Waals surface area contributed by atoms with Crippen LogP contribution in [0.4, 0.5) is 5.82 Å². The number of rotatable bonds is 3. The molecule has 0 bridgehead atoms. The zero-order chi connectivity index (χ0) is 14.0. The van der Waals surface area contributed by atoms with Crippen LogP contribution in [0.5, 0.6) is 0 Å². The van der Waals surface area contributed by atoms with Crippen LogP contribution in [0.25, 0.3) is 0 Å². The lowest BCUT2D eigenvalue weighted by molar-refractivity contribution is 0.130. The molecule has 4 heteroatoms. The van der Waals surface area contributed by atoms with Crippen LogP contribution in [0.15, 0.2) is 24.8 Å². The predicted octanol–water partition coefficient (Wildman–Crippen LogP) is 2.41. The SMILES string of the molecule is C=CCN1CCCC12CCCN(c1ccc(C)nn1)C2. The van der Waals surface area contributed by atoms with E-state index in [1.165, 1.54) is 32.2 Å². The lowest BCUT2D eigenvalue weighted by atomic mass is 9.86. The van der Waals surface area contributed by atoms with Crippen LogP contribution in [0.3, 0.4) is 0 Å². The molecule has 0 amide bonds. The lowest BCUT2D eigenvalue weighted by Crippen LogP contribution is -2.56. The van der Waals surface area contributed by atoms with Gasteiger partial charge in [0, 0.05) is 25.2 Å². The van der Waals surface area contributed by atoms with Gasteiger partial charge in [-0.25, -0.2) is 0 Å². The van der Waals surface area contributed by atoms with Gasteiger partial charge in [-0.05, 0) is 51.3 Å². The average molecular weight is 272 g/mol. The first-order chi connectivity index (χ1) is 9.73. The highest BCUT2D eigenvalue weighted by Crippen LogP contribution is 2.37. The van der Waals surface area contributed by atoms with Crippen molar-refractivity contribution in [1.82, 2.24) is 15.1 Å².